The highest BCUT2D eigenvalue weighted by atomic mass is 16.5. The molecule has 32 heavy (non-hydrogen) atoms. The maximum absolute atomic E-state index is 12.7. The Bertz CT molecular complexity index is 1250. The molecular weight excluding hydrogens is 414 g/mol. The van der Waals surface area contributed by atoms with Gasteiger partial charge in [-0.2, -0.15) is 5.10 Å². The number of ketones is 1. The fraction of sp³-hybridized carbons (Fsp3) is 0.318. The third kappa shape index (κ3) is 4.85. The first kappa shape index (κ1) is 22.7. The van der Waals surface area contributed by atoms with E-state index in [1.165, 1.54) is 24.0 Å². The maximum Gasteiger partial charge on any atom is 0.341 e. The topological polar surface area (TPSA) is 131 Å². The second kappa shape index (κ2) is 9.46. The number of hydrogen-bond acceptors (Lipinski definition) is 7. The number of anilines is 1. The molecule has 168 valence electrons. The van der Waals surface area contributed by atoms with Gasteiger partial charge in [-0.3, -0.25) is 23.4 Å². The normalized spacial score (nSPS) is 11.0. The first-order valence-electron chi connectivity index (χ1n) is 10.0. The average Bonchev–Trinajstić information content (AvgIpc) is 3.23. The Kier molecular flexibility index (Phi) is 6.72. The van der Waals surface area contributed by atoms with E-state index >= 15 is 0 Å². The fourth-order valence-electron chi connectivity index (χ4n) is 3.20. The van der Waals surface area contributed by atoms with Crippen molar-refractivity contribution in [3.05, 3.63) is 80.3 Å². The second-order valence-electron chi connectivity index (χ2n) is 7.82. The van der Waals surface area contributed by atoms with Crippen LogP contribution in [0.25, 0.3) is 0 Å². The molecule has 3 aromatic rings. The molecule has 0 aliphatic heterocycles. The van der Waals surface area contributed by atoms with Crippen molar-refractivity contribution in [2.24, 2.45) is 13.0 Å². The van der Waals surface area contributed by atoms with Crippen LogP contribution in [0.4, 0.5) is 5.82 Å². The molecule has 3 rings (SSSR count). The lowest BCUT2D eigenvalue weighted by Gasteiger charge is -2.16. The molecule has 0 atom stereocenters. The maximum atomic E-state index is 12.7. The molecule has 0 aliphatic carbocycles. The Morgan fingerprint density at radius 3 is 2.50 bits per heavy atom. The van der Waals surface area contributed by atoms with E-state index in [4.69, 9.17) is 10.5 Å². The van der Waals surface area contributed by atoms with Gasteiger partial charge in [0.05, 0.1) is 18.3 Å². The summed E-state index contributed by atoms with van der Waals surface area (Å²) in [4.78, 5) is 49.8. The Hall–Kier alpha value is -3.95. The van der Waals surface area contributed by atoms with E-state index in [1.807, 2.05) is 44.2 Å². The van der Waals surface area contributed by atoms with Crippen molar-refractivity contribution < 1.29 is 14.3 Å². The van der Waals surface area contributed by atoms with E-state index in [0.29, 0.717) is 6.54 Å². The monoisotopic (exact) mass is 439 g/mol. The summed E-state index contributed by atoms with van der Waals surface area (Å²) in [6.45, 7) is 3.76. The number of rotatable bonds is 8. The highest BCUT2D eigenvalue weighted by molar-refractivity contribution is 6.02. The van der Waals surface area contributed by atoms with Crippen molar-refractivity contribution in [3.63, 3.8) is 0 Å². The standard InChI is InChI=1S/C22H25N5O5/c1-14(2)10-27-19(23)18(20(29)25(3)22(27)31)17(28)13-32-21(30)16-9-24-26(12-16)11-15-7-5-4-6-8-15/h4-9,12,14H,10-11,13,23H2,1-3H3. The molecule has 0 saturated heterocycles. The van der Waals surface area contributed by atoms with Crippen LogP contribution in [0.2, 0.25) is 0 Å². The smallest absolute Gasteiger partial charge is 0.341 e. The highest BCUT2D eigenvalue weighted by Gasteiger charge is 2.23. The summed E-state index contributed by atoms with van der Waals surface area (Å²) < 4.78 is 8.64. The lowest BCUT2D eigenvalue weighted by molar-refractivity contribution is 0.0474. The van der Waals surface area contributed by atoms with Crippen molar-refractivity contribution in [1.82, 2.24) is 18.9 Å². The van der Waals surface area contributed by atoms with Gasteiger partial charge in [0, 0.05) is 19.8 Å². The van der Waals surface area contributed by atoms with Gasteiger partial charge in [-0.15, -0.1) is 0 Å². The van der Waals surface area contributed by atoms with Crippen LogP contribution < -0.4 is 17.0 Å². The van der Waals surface area contributed by atoms with E-state index < -0.39 is 29.6 Å². The third-order valence-electron chi connectivity index (χ3n) is 4.80. The van der Waals surface area contributed by atoms with E-state index in [1.54, 1.807) is 4.68 Å². The van der Waals surface area contributed by atoms with E-state index in [9.17, 15) is 19.2 Å². The predicted molar refractivity (Wildman–Crippen MR) is 118 cm³/mol. The molecule has 2 aromatic heterocycles. The first-order valence-corrected chi connectivity index (χ1v) is 10.0. The number of nitrogens with zero attached hydrogens (tertiary/aromatic N) is 4. The Morgan fingerprint density at radius 2 is 1.84 bits per heavy atom. The molecule has 10 nitrogen and oxygen atoms in total. The van der Waals surface area contributed by atoms with Crippen molar-refractivity contribution in [3.8, 4) is 0 Å². The number of hydrogen-bond donors (Lipinski definition) is 1. The third-order valence-corrected chi connectivity index (χ3v) is 4.80. The van der Waals surface area contributed by atoms with E-state index in [2.05, 4.69) is 5.10 Å². The van der Waals surface area contributed by atoms with Gasteiger partial charge in [-0.05, 0) is 11.5 Å². The largest absolute Gasteiger partial charge is 0.454 e. The summed E-state index contributed by atoms with van der Waals surface area (Å²) in [6, 6.07) is 9.57. The number of carbonyl (C=O) groups excluding carboxylic acids is 2. The van der Waals surface area contributed by atoms with Gasteiger partial charge in [0.15, 0.2) is 6.61 Å². The fourth-order valence-corrected chi connectivity index (χ4v) is 3.20. The summed E-state index contributed by atoms with van der Waals surface area (Å²) in [5, 5.41) is 4.13. The number of nitrogens with two attached hydrogens (primary N) is 1. The quantitative estimate of drug-likeness (QED) is 0.410. The van der Waals surface area contributed by atoms with Crippen LogP contribution >= 0.6 is 0 Å². The van der Waals surface area contributed by atoms with Gasteiger partial charge >= 0.3 is 11.7 Å². The van der Waals surface area contributed by atoms with E-state index in [-0.39, 0.29) is 29.4 Å². The van der Waals surface area contributed by atoms with Gasteiger partial charge in [0.2, 0.25) is 5.78 Å². The van der Waals surface area contributed by atoms with Gasteiger partial charge < -0.3 is 10.5 Å². The number of nitrogen functional groups attached to an aromatic ring is 1. The molecule has 2 N–H and O–H groups in total. The minimum atomic E-state index is -0.829. The molecule has 0 amide bonds. The van der Waals surface area contributed by atoms with Gasteiger partial charge in [-0.25, -0.2) is 9.59 Å². The zero-order chi connectivity index (χ0) is 23.4. The van der Waals surface area contributed by atoms with Crippen molar-refractivity contribution in [2.45, 2.75) is 26.9 Å². The SMILES string of the molecule is CC(C)Cn1c(N)c(C(=O)COC(=O)c2cnn(Cc3ccccc3)c2)c(=O)n(C)c1=O. The summed E-state index contributed by atoms with van der Waals surface area (Å²) in [5.41, 5.74) is 5.33. The molecule has 0 unspecified atom stereocenters. The molecule has 2 heterocycles. The number of ether oxygens (including phenoxy) is 1. The van der Waals surface area contributed by atoms with Crippen LogP contribution in [0, 0.1) is 5.92 Å². The van der Waals surface area contributed by atoms with Crippen LogP contribution in [0.3, 0.4) is 0 Å². The molecule has 1 aromatic carbocycles. The summed E-state index contributed by atoms with van der Waals surface area (Å²) in [6.07, 6.45) is 2.85. The second-order valence-corrected chi connectivity index (χ2v) is 7.82. The van der Waals surface area contributed by atoms with E-state index in [0.717, 1.165) is 10.1 Å². The molecule has 10 heteroatoms. The van der Waals surface area contributed by atoms with Crippen molar-refractivity contribution >= 4 is 17.6 Å². The molecule has 0 radical (unpaired) electrons. The molecule has 0 aliphatic rings. The summed E-state index contributed by atoms with van der Waals surface area (Å²) in [5.74, 6) is -1.72. The molecule has 0 saturated carbocycles. The summed E-state index contributed by atoms with van der Waals surface area (Å²) >= 11 is 0. The van der Waals surface area contributed by atoms with Crippen molar-refractivity contribution in [1.29, 1.82) is 0 Å². The first-order chi connectivity index (χ1) is 15.2. The van der Waals surface area contributed by atoms with Gasteiger partial charge in [-0.1, -0.05) is 44.2 Å². The van der Waals surface area contributed by atoms with Crippen LogP contribution in [0.1, 0.15) is 40.1 Å². The lowest BCUT2D eigenvalue weighted by Crippen LogP contribution is -2.43. The molecule has 0 bridgehead atoms. The molecule has 0 spiro atoms. The number of Topliss-reactive ketones (excluding diaryl/α,β-unsaturated/α-hetero) is 1. The predicted octanol–water partition coefficient (Wildman–Crippen LogP) is 1.07. The Morgan fingerprint density at radius 1 is 1.16 bits per heavy atom. The molecular formula is C22H25N5O5. The van der Waals surface area contributed by atoms with Gasteiger partial charge in [0.1, 0.15) is 11.4 Å². The average molecular weight is 439 g/mol. The highest BCUT2D eigenvalue weighted by Crippen LogP contribution is 2.10. The lowest BCUT2D eigenvalue weighted by atomic mass is 10.1. The number of aromatic nitrogens is 4. The zero-order valence-electron chi connectivity index (χ0n) is 18.1. The number of benzene rings is 1. The zero-order valence-corrected chi connectivity index (χ0v) is 18.1. The Balaban J connectivity index is 1.73. The van der Waals surface area contributed by atoms with Crippen LogP contribution in [0.5, 0.6) is 0 Å². The molecule has 0 fully saturated rings. The minimum Gasteiger partial charge on any atom is -0.454 e. The van der Waals surface area contributed by atoms with Crippen LogP contribution in [-0.4, -0.2) is 37.3 Å². The minimum absolute atomic E-state index is 0.0562. The van der Waals surface area contributed by atoms with Crippen LogP contribution in [0.15, 0.2) is 52.3 Å². The van der Waals surface area contributed by atoms with Crippen molar-refractivity contribution in [2.75, 3.05) is 12.3 Å². The Labute approximate surface area is 183 Å². The van der Waals surface area contributed by atoms with Gasteiger partial charge in [0.25, 0.3) is 5.56 Å². The number of esters is 1. The number of carbonyl (C=O) groups is 2. The van der Waals surface area contributed by atoms with Crippen LogP contribution in [-0.2, 0) is 24.9 Å². The summed E-state index contributed by atoms with van der Waals surface area (Å²) in [7, 11) is 1.27.